The van der Waals surface area contributed by atoms with Gasteiger partial charge in [-0.15, -0.1) is 0 Å². The van der Waals surface area contributed by atoms with Gasteiger partial charge in [-0.1, -0.05) is 59.1 Å². The predicted molar refractivity (Wildman–Crippen MR) is 129 cm³/mol. The first kappa shape index (κ1) is 26.5. The van der Waals surface area contributed by atoms with Gasteiger partial charge in [0.2, 0.25) is 0 Å². The molecule has 3 rings (SSSR count). The fourth-order valence-electron chi connectivity index (χ4n) is 3.04. The van der Waals surface area contributed by atoms with E-state index in [2.05, 4.69) is 10.5 Å². The Labute approximate surface area is 210 Å². The maximum absolute atomic E-state index is 13.3. The van der Waals surface area contributed by atoms with E-state index < -0.39 is 34.2 Å². The first-order valence-corrected chi connectivity index (χ1v) is 12.1. The van der Waals surface area contributed by atoms with Crippen molar-refractivity contribution in [3.63, 3.8) is 0 Å². The molecular formula is C23H18Cl2F3N3O3S. The highest BCUT2D eigenvalue weighted by molar-refractivity contribution is 7.92. The number of amides is 1. The molecule has 12 heteroatoms. The molecule has 1 N–H and O–H groups in total. The molecule has 0 aromatic heterocycles. The second kappa shape index (κ2) is 10.7. The fourth-order valence-corrected chi connectivity index (χ4v) is 4.96. The number of nitrogens with one attached hydrogen (secondary N) is 1. The number of hydrogen-bond donors (Lipinski definition) is 1. The number of carbonyl (C=O) groups is 1. The van der Waals surface area contributed by atoms with Crippen LogP contribution in [0.3, 0.4) is 0 Å². The molecule has 0 radical (unpaired) electrons. The van der Waals surface area contributed by atoms with E-state index in [9.17, 15) is 26.4 Å². The van der Waals surface area contributed by atoms with Gasteiger partial charge >= 0.3 is 6.18 Å². The van der Waals surface area contributed by atoms with Crippen LogP contribution in [0.5, 0.6) is 0 Å². The van der Waals surface area contributed by atoms with E-state index in [0.717, 1.165) is 22.1 Å². The molecule has 35 heavy (non-hydrogen) atoms. The number of rotatable bonds is 7. The van der Waals surface area contributed by atoms with Crippen LogP contribution >= 0.6 is 23.2 Å². The van der Waals surface area contributed by atoms with Gasteiger partial charge in [0.25, 0.3) is 15.9 Å². The number of halogens is 5. The molecule has 0 aliphatic carbocycles. The van der Waals surface area contributed by atoms with Crippen LogP contribution in [0, 0.1) is 6.92 Å². The molecule has 0 unspecified atom stereocenters. The van der Waals surface area contributed by atoms with Crippen LogP contribution in [-0.2, 0) is 21.0 Å². The van der Waals surface area contributed by atoms with Crippen LogP contribution in [0.2, 0.25) is 10.0 Å². The van der Waals surface area contributed by atoms with Crippen molar-refractivity contribution in [1.82, 2.24) is 5.43 Å². The third kappa shape index (κ3) is 6.74. The normalized spacial score (nSPS) is 12.1. The highest BCUT2D eigenvalue weighted by Gasteiger charge is 2.32. The molecule has 0 bridgehead atoms. The lowest BCUT2D eigenvalue weighted by Gasteiger charge is -2.24. The first-order chi connectivity index (χ1) is 16.4. The van der Waals surface area contributed by atoms with Crippen molar-refractivity contribution >= 4 is 51.0 Å². The average molecular weight is 544 g/mol. The standard InChI is InChI=1S/C23H18Cl2F3N3O3S/c1-15-6-8-20(9-7-15)35(33,34)31(19-11-17(24)10-18(25)12-19)14-22(32)30-29-13-16-4-2-3-5-21(16)23(26,27)28/h2-13H,14H2,1H3,(H,30,32)/b29-13-. The van der Waals surface area contributed by atoms with Crippen LogP contribution in [0.4, 0.5) is 18.9 Å². The van der Waals surface area contributed by atoms with Gasteiger partial charge in [-0.25, -0.2) is 13.8 Å². The number of carbonyl (C=O) groups excluding carboxylic acids is 1. The molecule has 3 aromatic carbocycles. The summed E-state index contributed by atoms with van der Waals surface area (Å²) in [5.74, 6) is -0.905. The second-order valence-corrected chi connectivity index (χ2v) is 10.1. The zero-order valence-electron chi connectivity index (χ0n) is 18.1. The van der Waals surface area contributed by atoms with Crippen LogP contribution in [0.15, 0.2) is 76.7 Å². The van der Waals surface area contributed by atoms with Crippen LogP contribution in [0.1, 0.15) is 16.7 Å². The van der Waals surface area contributed by atoms with Crippen molar-refractivity contribution in [2.45, 2.75) is 18.0 Å². The molecule has 3 aromatic rings. The van der Waals surface area contributed by atoms with E-state index in [-0.39, 0.29) is 26.2 Å². The molecule has 184 valence electrons. The minimum absolute atomic E-state index is 0.0182. The lowest BCUT2D eigenvalue weighted by molar-refractivity contribution is -0.137. The summed E-state index contributed by atoms with van der Waals surface area (Å²) < 4.78 is 66.9. The molecule has 1 amide bonds. The SMILES string of the molecule is Cc1ccc(S(=O)(=O)N(CC(=O)N/N=C\c2ccccc2C(F)(F)F)c2cc(Cl)cc(Cl)c2)cc1. The Morgan fingerprint density at radius 2 is 1.63 bits per heavy atom. The number of nitrogens with zero attached hydrogens (tertiary/aromatic N) is 2. The van der Waals surface area contributed by atoms with Crippen molar-refractivity contribution in [1.29, 1.82) is 0 Å². The summed E-state index contributed by atoms with van der Waals surface area (Å²) in [6.07, 6.45) is -3.78. The molecular weight excluding hydrogens is 526 g/mol. The lowest BCUT2D eigenvalue weighted by atomic mass is 10.1. The summed E-state index contributed by atoms with van der Waals surface area (Å²) in [5.41, 5.74) is 1.70. The highest BCUT2D eigenvalue weighted by atomic mass is 35.5. The first-order valence-electron chi connectivity index (χ1n) is 9.91. The predicted octanol–water partition coefficient (Wildman–Crippen LogP) is 5.67. The average Bonchev–Trinajstić information content (AvgIpc) is 2.76. The number of hydrazone groups is 1. The van der Waals surface area contributed by atoms with Gasteiger partial charge in [-0.3, -0.25) is 9.10 Å². The smallest absolute Gasteiger partial charge is 0.271 e. The summed E-state index contributed by atoms with van der Waals surface area (Å²) in [5, 5.41) is 3.84. The molecule has 0 fully saturated rings. The summed E-state index contributed by atoms with van der Waals surface area (Å²) in [7, 11) is -4.25. The number of hydrogen-bond acceptors (Lipinski definition) is 4. The van der Waals surface area contributed by atoms with Gasteiger partial charge < -0.3 is 0 Å². The molecule has 6 nitrogen and oxygen atoms in total. The van der Waals surface area contributed by atoms with Crippen molar-refractivity contribution in [3.8, 4) is 0 Å². The van der Waals surface area contributed by atoms with Crippen molar-refractivity contribution in [2.24, 2.45) is 5.10 Å². The van der Waals surface area contributed by atoms with E-state index in [4.69, 9.17) is 23.2 Å². The van der Waals surface area contributed by atoms with Crippen molar-refractivity contribution < 1.29 is 26.4 Å². The Hall–Kier alpha value is -3.08. The topological polar surface area (TPSA) is 78.8 Å². The number of anilines is 1. The third-order valence-corrected chi connectivity index (χ3v) is 6.92. The molecule has 0 aliphatic rings. The molecule has 0 heterocycles. The van der Waals surface area contributed by atoms with E-state index >= 15 is 0 Å². The van der Waals surface area contributed by atoms with Gasteiger partial charge in [0.05, 0.1) is 22.4 Å². The maximum atomic E-state index is 13.3. The number of benzene rings is 3. The Balaban J connectivity index is 1.89. The van der Waals surface area contributed by atoms with Crippen LogP contribution in [-0.4, -0.2) is 27.1 Å². The Morgan fingerprint density at radius 1 is 1.03 bits per heavy atom. The minimum atomic E-state index is -4.61. The zero-order valence-corrected chi connectivity index (χ0v) is 20.4. The zero-order chi connectivity index (χ0) is 25.8. The molecule has 0 saturated heterocycles. The maximum Gasteiger partial charge on any atom is 0.417 e. The van der Waals surface area contributed by atoms with Crippen molar-refractivity contribution in [2.75, 3.05) is 10.8 Å². The minimum Gasteiger partial charge on any atom is -0.271 e. The van der Waals surface area contributed by atoms with E-state index in [0.29, 0.717) is 0 Å². The Kier molecular flexibility index (Phi) is 8.09. The number of sulfonamides is 1. The largest absolute Gasteiger partial charge is 0.417 e. The highest BCUT2D eigenvalue weighted by Crippen LogP contribution is 2.31. The van der Waals surface area contributed by atoms with Gasteiger partial charge in [-0.2, -0.15) is 18.3 Å². The van der Waals surface area contributed by atoms with Gasteiger partial charge in [0.1, 0.15) is 6.54 Å². The summed E-state index contributed by atoms with van der Waals surface area (Å²) >= 11 is 12.1. The second-order valence-electron chi connectivity index (χ2n) is 7.33. The van der Waals surface area contributed by atoms with Crippen LogP contribution in [0.25, 0.3) is 0 Å². The third-order valence-electron chi connectivity index (χ3n) is 4.69. The van der Waals surface area contributed by atoms with E-state index in [1.165, 1.54) is 48.5 Å². The number of aryl methyl sites for hydroxylation is 1. The summed E-state index contributed by atoms with van der Waals surface area (Å²) in [6, 6.07) is 14.7. The monoisotopic (exact) mass is 543 g/mol. The van der Waals surface area contributed by atoms with Gasteiger partial charge in [0, 0.05) is 15.6 Å². The molecule has 0 saturated carbocycles. The van der Waals surface area contributed by atoms with Crippen molar-refractivity contribution in [3.05, 3.63) is 93.5 Å². The van der Waals surface area contributed by atoms with E-state index in [1.807, 2.05) is 0 Å². The van der Waals surface area contributed by atoms with Gasteiger partial charge in [0.15, 0.2) is 0 Å². The summed E-state index contributed by atoms with van der Waals surface area (Å²) in [6.45, 7) is 1.04. The van der Waals surface area contributed by atoms with Gasteiger partial charge in [-0.05, 0) is 43.3 Å². The molecule has 0 aliphatic heterocycles. The molecule has 0 atom stereocenters. The Bertz CT molecular complexity index is 1340. The molecule has 0 spiro atoms. The summed E-state index contributed by atoms with van der Waals surface area (Å²) in [4.78, 5) is 12.5. The number of alkyl halides is 3. The quantitative estimate of drug-likeness (QED) is 0.308. The fraction of sp³-hybridized carbons (Fsp3) is 0.130. The Morgan fingerprint density at radius 3 is 2.23 bits per heavy atom. The van der Waals surface area contributed by atoms with E-state index in [1.54, 1.807) is 19.1 Å². The van der Waals surface area contributed by atoms with Crippen LogP contribution < -0.4 is 9.73 Å². The lowest BCUT2D eigenvalue weighted by Crippen LogP contribution is -2.39.